The Labute approximate surface area is 120 Å². The number of fused-ring (bicyclic) bond motifs is 1. The Morgan fingerprint density at radius 2 is 2.29 bits per heavy atom. The lowest BCUT2D eigenvalue weighted by atomic mass is 10.4. The number of aromatic nitrogens is 5. The second kappa shape index (κ2) is 5.61. The van der Waals surface area contributed by atoms with Gasteiger partial charge >= 0.3 is 0 Å². The smallest absolute Gasteiger partial charge is 0.267 e. The van der Waals surface area contributed by atoms with Crippen LogP contribution in [0.2, 0.25) is 0 Å². The number of carbonyl (C=O) groups is 1. The molecule has 3 heterocycles. The SMILES string of the molecule is Cn1cccc1C(=O)NCCNc1ncc2[nH]ncc2n1. The summed E-state index contributed by atoms with van der Waals surface area (Å²) in [7, 11) is 1.83. The Kier molecular flexibility index (Phi) is 3.50. The summed E-state index contributed by atoms with van der Waals surface area (Å²) in [6.07, 6.45) is 5.14. The molecule has 8 nitrogen and oxygen atoms in total. The van der Waals surface area contributed by atoms with E-state index in [4.69, 9.17) is 0 Å². The van der Waals surface area contributed by atoms with E-state index in [1.165, 1.54) is 0 Å². The highest BCUT2D eigenvalue weighted by Gasteiger charge is 2.07. The van der Waals surface area contributed by atoms with Crippen molar-refractivity contribution in [3.63, 3.8) is 0 Å². The Balaban J connectivity index is 1.50. The molecule has 0 aliphatic rings. The first-order valence-corrected chi connectivity index (χ1v) is 6.53. The molecule has 0 unspecified atom stereocenters. The minimum absolute atomic E-state index is 0.101. The number of aryl methyl sites for hydroxylation is 1. The summed E-state index contributed by atoms with van der Waals surface area (Å²) in [5.74, 6) is 0.410. The Bertz CT molecular complexity index is 761. The molecular formula is C13H15N7O. The third-order valence-electron chi connectivity index (χ3n) is 3.06. The van der Waals surface area contributed by atoms with Gasteiger partial charge in [-0.05, 0) is 12.1 Å². The zero-order chi connectivity index (χ0) is 14.7. The van der Waals surface area contributed by atoms with Crippen LogP contribution in [0.25, 0.3) is 11.0 Å². The van der Waals surface area contributed by atoms with Gasteiger partial charge in [-0.3, -0.25) is 9.89 Å². The molecule has 1 amide bonds. The van der Waals surface area contributed by atoms with Crippen molar-refractivity contribution in [1.82, 2.24) is 30.0 Å². The van der Waals surface area contributed by atoms with E-state index in [1.807, 2.05) is 19.3 Å². The number of hydrogen-bond acceptors (Lipinski definition) is 5. The molecule has 3 N–H and O–H groups in total. The lowest BCUT2D eigenvalue weighted by molar-refractivity contribution is 0.0947. The summed E-state index contributed by atoms with van der Waals surface area (Å²) in [5, 5.41) is 12.6. The monoisotopic (exact) mass is 285 g/mol. The van der Waals surface area contributed by atoms with E-state index in [0.717, 1.165) is 11.0 Å². The number of carbonyl (C=O) groups excluding carboxylic acids is 1. The molecule has 108 valence electrons. The van der Waals surface area contributed by atoms with Gasteiger partial charge in [0.25, 0.3) is 5.91 Å². The van der Waals surface area contributed by atoms with Crippen LogP contribution in [-0.2, 0) is 7.05 Å². The zero-order valence-electron chi connectivity index (χ0n) is 11.5. The summed E-state index contributed by atoms with van der Waals surface area (Å²) in [5.41, 5.74) is 2.17. The maximum Gasteiger partial charge on any atom is 0.267 e. The van der Waals surface area contributed by atoms with Gasteiger partial charge in [-0.2, -0.15) is 5.10 Å². The van der Waals surface area contributed by atoms with Crippen LogP contribution in [0.3, 0.4) is 0 Å². The summed E-state index contributed by atoms with van der Waals surface area (Å²) < 4.78 is 1.78. The number of H-pyrrole nitrogens is 1. The Morgan fingerprint density at radius 1 is 1.38 bits per heavy atom. The molecule has 0 aliphatic heterocycles. The highest BCUT2D eigenvalue weighted by molar-refractivity contribution is 5.92. The van der Waals surface area contributed by atoms with E-state index in [9.17, 15) is 4.79 Å². The maximum absolute atomic E-state index is 11.9. The fraction of sp³-hybridized carbons (Fsp3) is 0.231. The topological polar surface area (TPSA) is 101 Å². The molecule has 8 heteroatoms. The number of anilines is 1. The van der Waals surface area contributed by atoms with E-state index in [0.29, 0.717) is 24.7 Å². The van der Waals surface area contributed by atoms with Crippen molar-refractivity contribution in [2.45, 2.75) is 0 Å². The van der Waals surface area contributed by atoms with Crippen molar-refractivity contribution in [3.05, 3.63) is 36.4 Å². The normalized spacial score (nSPS) is 10.7. The summed E-state index contributed by atoms with van der Waals surface area (Å²) in [6, 6.07) is 3.61. The number of nitrogens with zero attached hydrogens (tertiary/aromatic N) is 4. The molecule has 0 saturated heterocycles. The molecule has 0 fully saturated rings. The van der Waals surface area contributed by atoms with Gasteiger partial charge in [0.15, 0.2) is 0 Å². The van der Waals surface area contributed by atoms with E-state index >= 15 is 0 Å². The van der Waals surface area contributed by atoms with Crippen molar-refractivity contribution in [1.29, 1.82) is 0 Å². The van der Waals surface area contributed by atoms with Crippen molar-refractivity contribution < 1.29 is 4.79 Å². The standard InChI is InChI=1S/C13H15N7O/c1-20-6-2-3-11(20)12(21)14-4-5-15-13-16-7-10-9(18-13)8-17-19-10/h2-3,6-8H,4-5H2,1H3,(H,14,21)(H,17,19)(H,15,16,18). The minimum atomic E-state index is -0.101. The van der Waals surface area contributed by atoms with Crippen LogP contribution in [0.1, 0.15) is 10.5 Å². The van der Waals surface area contributed by atoms with Gasteiger partial charge in [0.1, 0.15) is 16.7 Å². The van der Waals surface area contributed by atoms with Crippen LogP contribution in [0.15, 0.2) is 30.7 Å². The van der Waals surface area contributed by atoms with Crippen molar-refractivity contribution in [2.24, 2.45) is 7.05 Å². The highest BCUT2D eigenvalue weighted by Crippen LogP contribution is 2.07. The van der Waals surface area contributed by atoms with Crippen LogP contribution >= 0.6 is 0 Å². The highest BCUT2D eigenvalue weighted by atomic mass is 16.1. The predicted octanol–water partition coefficient (Wildman–Crippen LogP) is 0.533. The molecule has 3 aromatic heterocycles. The third kappa shape index (κ3) is 2.83. The number of nitrogens with one attached hydrogen (secondary N) is 3. The Hall–Kier alpha value is -2.90. The molecular weight excluding hydrogens is 270 g/mol. The van der Waals surface area contributed by atoms with E-state index < -0.39 is 0 Å². The molecule has 0 aliphatic carbocycles. The second-order valence-electron chi connectivity index (χ2n) is 4.55. The largest absolute Gasteiger partial charge is 0.352 e. The molecule has 0 bridgehead atoms. The summed E-state index contributed by atoms with van der Waals surface area (Å²) in [4.78, 5) is 20.3. The zero-order valence-corrected chi connectivity index (χ0v) is 11.5. The number of aromatic amines is 1. The van der Waals surface area contributed by atoms with Gasteiger partial charge in [-0.1, -0.05) is 0 Å². The molecule has 3 aromatic rings. The predicted molar refractivity (Wildman–Crippen MR) is 77.9 cm³/mol. The van der Waals surface area contributed by atoms with Crippen LogP contribution in [0.5, 0.6) is 0 Å². The lowest BCUT2D eigenvalue weighted by Crippen LogP contribution is -2.30. The molecule has 0 radical (unpaired) electrons. The van der Waals surface area contributed by atoms with E-state index in [2.05, 4.69) is 30.8 Å². The van der Waals surface area contributed by atoms with Crippen LogP contribution in [0, 0.1) is 0 Å². The van der Waals surface area contributed by atoms with Crippen molar-refractivity contribution in [3.8, 4) is 0 Å². The average molecular weight is 285 g/mol. The van der Waals surface area contributed by atoms with Gasteiger partial charge in [0, 0.05) is 26.3 Å². The van der Waals surface area contributed by atoms with Gasteiger partial charge in [0.05, 0.1) is 12.4 Å². The van der Waals surface area contributed by atoms with Crippen molar-refractivity contribution >= 4 is 22.9 Å². The third-order valence-corrected chi connectivity index (χ3v) is 3.06. The summed E-state index contributed by atoms with van der Waals surface area (Å²) >= 11 is 0. The van der Waals surface area contributed by atoms with Gasteiger partial charge < -0.3 is 15.2 Å². The second-order valence-corrected chi connectivity index (χ2v) is 4.55. The molecule has 21 heavy (non-hydrogen) atoms. The number of amides is 1. The molecule has 0 saturated carbocycles. The van der Waals surface area contributed by atoms with Gasteiger partial charge in [-0.15, -0.1) is 0 Å². The van der Waals surface area contributed by atoms with Crippen LogP contribution in [-0.4, -0.2) is 43.7 Å². The maximum atomic E-state index is 11.9. The number of rotatable bonds is 5. The first kappa shape index (κ1) is 13.1. The average Bonchev–Trinajstić information content (AvgIpc) is 3.11. The first-order chi connectivity index (χ1) is 10.2. The van der Waals surface area contributed by atoms with Crippen LogP contribution in [0.4, 0.5) is 5.95 Å². The molecule has 0 aromatic carbocycles. The summed E-state index contributed by atoms with van der Waals surface area (Å²) in [6.45, 7) is 1.02. The molecule has 0 spiro atoms. The fourth-order valence-corrected chi connectivity index (χ4v) is 1.97. The van der Waals surface area contributed by atoms with E-state index in [-0.39, 0.29) is 5.91 Å². The fourth-order valence-electron chi connectivity index (χ4n) is 1.97. The minimum Gasteiger partial charge on any atom is -0.352 e. The lowest BCUT2D eigenvalue weighted by Gasteiger charge is -2.07. The van der Waals surface area contributed by atoms with Gasteiger partial charge in [-0.25, -0.2) is 9.97 Å². The Morgan fingerprint density at radius 3 is 3.10 bits per heavy atom. The van der Waals surface area contributed by atoms with Crippen molar-refractivity contribution in [2.75, 3.05) is 18.4 Å². The first-order valence-electron chi connectivity index (χ1n) is 6.53. The number of hydrogen-bond donors (Lipinski definition) is 3. The quantitative estimate of drug-likeness (QED) is 0.594. The van der Waals surface area contributed by atoms with E-state index in [1.54, 1.807) is 23.0 Å². The van der Waals surface area contributed by atoms with Crippen LogP contribution < -0.4 is 10.6 Å². The molecule has 0 atom stereocenters. The van der Waals surface area contributed by atoms with Gasteiger partial charge in [0.2, 0.25) is 5.95 Å². The molecule has 3 rings (SSSR count).